The van der Waals surface area contributed by atoms with Crippen LogP contribution in [0, 0.1) is 12.7 Å². The molecule has 1 aliphatic rings. The van der Waals surface area contributed by atoms with Gasteiger partial charge in [-0.1, -0.05) is 36.4 Å². The summed E-state index contributed by atoms with van der Waals surface area (Å²) in [5.41, 5.74) is 4.55. The molecule has 1 fully saturated rings. The minimum absolute atomic E-state index is 0.138. The van der Waals surface area contributed by atoms with E-state index in [0.29, 0.717) is 28.8 Å². The van der Waals surface area contributed by atoms with Crippen molar-refractivity contribution in [2.45, 2.75) is 20.4 Å². The minimum atomic E-state index is -1.03. The second kappa shape index (κ2) is 10.1. The molecule has 3 aromatic carbocycles. The average Bonchev–Trinajstić information content (AvgIpc) is 3.33. The van der Waals surface area contributed by atoms with Gasteiger partial charge in [0.05, 0.1) is 16.2 Å². The number of carboxylic acids is 1. The molecule has 1 N–H and O–H groups in total. The smallest absolute Gasteiger partial charge is 0.335 e. The Morgan fingerprint density at radius 2 is 1.84 bits per heavy atom. The summed E-state index contributed by atoms with van der Waals surface area (Å²) in [5, 5.41) is 10.8. The number of aromatic carboxylic acids is 1. The van der Waals surface area contributed by atoms with Gasteiger partial charge in [0, 0.05) is 35.2 Å². The largest absolute Gasteiger partial charge is 0.478 e. The number of benzene rings is 3. The number of hydrogen-bond donors (Lipinski definition) is 1. The second-order valence-corrected chi connectivity index (χ2v) is 9.65. The lowest BCUT2D eigenvalue weighted by molar-refractivity contribution is -0.122. The molecule has 8 heteroatoms. The number of hydrogen-bond acceptors (Lipinski definition) is 4. The summed E-state index contributed by atoms with van der Waals surface area (Å²) in [5.74, 6) is -1.44. The number of aromatic nitrogens is 1. The zero-order valence-electron chi connectivity index (χ0n) is 20.3. The summed E-state index contributed by atoms with van der Waals surface area (Å²) in [4.78, 5) is 31.4. The number of rotatable bonds is 6. The van der Waals surface area contributed by atoms with E-state index in [1.165, 1.54) is 36.0 Å². The molecule has 1 saturated heterocycles. The van der Waals surface area contributed by atoms with Gasteiger partial charge in [-0.25, -0.2) is 14.2 Å². The van der Waals surface area contributed by atoms with E-state index in [1.807, 2.05) is 44.2 Å². The highest BCUT2D eigenvalue weighted by Crippen LogP contribution is 2.37. The van der Waals surface area contributed by atoms with Crippen LogP contribution in [-0.4, -0.2) is 38.2 Å². The third kappa shape index (κ3) is 4.80. The van der Waals surface area contributed by atoms with Crippen LogP contribution in [0.3, 0.4) is 0 Å². The Hall–Kier alpha value is -4.17. The van der Waals surface area contributed by atoms with Gasteiger partial charge in [0.15, 0.2) is 5.17 Å². The maximum atomic E-state index is 13.4. The number of halogens is 1. The lowest BCUT2D eigenvalue weighted by atomic mass is 10.1. The SMILES string of the molecule is CCN1C(=O)/C(=C\c2c(C)n(Cc3ccc(F)cc3)c3ccccc23)SC1=Nc1cccc(C(=O)O)c1. The van der Waals surface area contributed by atoms with Crippen LogP contribution >= 0.6 is 11.8 Å². The number of carboxylic acid groups (broad SMARTS) is 1. The number of carbonyl (C=O) groups excluding carboxylic acids is 1. The Balaban J connectivity index is 1.54. The molecule has 2 heterocycles. The number of thioether (sulfide) groups is 1. The molecule has 186 valence electrons. The molecule has 0 bridgehead atoms. The zero-order chi connectivity index (χ0) is 26.1. The van der Waals surface area contributed by atoms with Crippen LogP contribution in [0.2, 0.25) is 0 Å². The molecular formula is C29H24FN3O3S. The van der Waals surface area contributed by atoms with Gasteiger partial charge in [-0.3, -0.25) is 9.69 Å². The maximum Gasteiger partial charge on any atom is 0.335 e. The van der Waals surface area contributed by atoms with E-state index in [1.54, 1.807) is 29.2 Å². The number of fused-ring (bicyclic) bond motifs is 1. The Morgan fingerprint density at radius 1 is 1.08 bits per heavy atom. The normalized spacial score (nSPS) is 15.9. The van der Waals surface area contributed by atoms with Crippen LogP contribution in [0.1, 0.15) is 34.1 Å². The van der Waals surface area contributed by atoms with E-state index in [2.05, 4.69) is 9.56 Å². The monoisotopic (exact) mass is 513 g/mol. The van der Waals surface area contributed by atoms with Crippen molar-refractivity contribution in [3.8, 4) is 0 Å². The molecule has 1 aliphatic heterocycles. The summed E-state index contributed by atoms with van der Waals surface area (Å²) in [6, 6.07) is 20.8. The van der Waals surface area contributed by atoms with Crippen LogP contribution in [0.5, 0.6) is 0 Å². The van der Waals surface area contributed by atoms with Crippen LogP contribution in [0.15, 0.2) is 82.7 Å². The molecule has 4 aromatic rings. The van der Waals surface area contributed by atoms with Gasteiger partial charge >= 0.3 is 5.97 Å². The molecule has 6 nitrogen and oxygen atoms in total. The van der Waals surface area contributed by atoms with Gasteiger partial charge in [-0.05, 0) is 73.6 Å². The van der Waals surface area contributed by atoms with E-state index in [4.69, 9.17) is 0 Å². The number of amides is 1. The predicted octanol–water partition coefficient (Wildman–Crippen LogP) is 6.46. The van der Waals surface area contributed by atoms with Crippen LogP contribution in [0.4, 0.5) is 10.1 Å². The van der Waals surface area contributed by atoms with E-state index < -0.39 is 5.97 Å². The molecule has 0 saturated carbocycles. The third-order valence-corrected chi connectivity index (χ3v) is 7.34. The predicted molar refractivity (Wildman–Crippen MR) is 146 cm³/mol. The molecule has 37 heavy (non-hydrogen) atoms. The van der Waals surface area contributed by atoms with Crippen LogP contribution < -0.4 is 0 Å². The van der Waals surface area contributed by atoms with Crippen molar-refractivity contribution in [3.05, 3.63) is 106 Å². The summed E-state index contributed by atoms with van der Waals surface area (Å²) in [6.07, 6.45) is 1.91. The Labute approximate surface area is 217 Å². The van der Waals surface area contributed by atoms with Gasteiger partial charge in [-0.2, -0.15) is 0 Å². The first kappa shape index (κ1) is 24.5. The first-order chi connectivity index (χ1) is 17.9. The lowest BCUT2D eigenvalue weighted by Crippen LogP contribution is -2.28. The molecule has 1 aromatic heterocycles. The van der Waals surface area contributed by atoms with Crippen LogP contribution in [0.25, 0.3) is 17.0 Å². The van der Waals surface area contributed by atoms with E-state index >= 15 is 0 Å². The number of aliphatic imine (C=N–C) groups is 1. The van der Waals surface area contributed by atoms with Crippen molar-refractivity contribution >= 4 is 51.5 Å². The van der Waals surface area contributed by atoms with Gasteiger partial charge in [-0.15, -0.1) is 0 Å². The third-order valence-electron chi connectivity index (χ3n) is 6.33. The highest BCUT2D eigenvalue weighted by atomic mass is 32.2. The molecule has 0 aliphatic carbocycles. The van der Waals surface area contributed by atoms with Gasteiger partial charge in [0.1, 0.15) is 5.82 Å². The molecule has 0 radical (unpaired) electrons. The van der Waals surface area contributed by atoms with E-state index in [0.717, 1.165) is 27.7 Å². The van der Waals surface area contributed by atoms with Crippen LogP contribution in [-0.2, 0) is 11.3 Å². The standard InChI is InChI=1S/C29H24FN3O3S/c1-3-32-27(34)26(37-29(32)31-22-8-6-7-20(15-22)28(35)36)16-24-18(2)33(25-10-5-4-9-23(24)25)17-19-11-13-21(30)14-12-19/h4-16H,3,17H2,1-2H3,(H,35,36)/b26-16+,31-29?. The highest BCUT2D eigenvalue weighted by molar-refractivity contribution is 8.18. The Bertz CT molecular complexity index is 1590. The summed E-state index contributed by atoms with van der Waals surface area (Å²) in [6.45, 7) is 4.91. The number of carbonyl (C=O) groups is 2. The fourth-order valence-electron chi connectivity index (χ4n) is 4.44. The molecule has 0 spiro atoms. The number of likely N-dealkylation sites (N-methyl/N-ethyl adjacent to an activating group) is 1. The second-order valence-electron chi connectivity index (χ2n) is 8.64. The topological polar surface area (TPSA) is 74.9 Å². The van der Waals surface area contributed by atoms with Crippen molar-refractivity contribution in [2.24, 2.45) is 4.99 Å². The first-order valence-corrected chi connectivity index (χ1v) is 12.6. The van der Waals surface area contributed by atoms with E-state index in [9.17, 15) is 19.1 Å². The number of para-hydroxylation sites is 1. The Morgan fingerprint density at radius 3 is 2.57 bits per heavy atom. The molecule has 0 atom stereocenters. The van der Waals surface area contributed by atoms with Gasteiger partial charge in [0.25, 0.3) is 5.91 Å². The summed E-state index contributed by atoms with van der Waals surface area (Å²) < 4.78 is 15.6. The minimum Gasteiger partial charge on any atom is -0.478 e. The summed E-state index contributed by atoms with van der Waals surface area (Å²) >= 11 is 1.28. The Kier molecular flexibility index (Phi) is 6.67. The lowest BCUT2D eigenvalue weighted by Gasteiger charge is -2.12. The van der Waals surface area contributed by atoms with Crippen molar-refractivity contribution in [3.63, 3.8) is 0 Å². The first-order valence-electron chi connectivity index (χ1n) is 11.8. The highest BCUT2D eigenvalue weighted by Gasteiger charge is 2.33. The molecule has 5 rings (SSSR count). The van der Waals surface area contributed by atoms with Gasteiger partial charge < -0.3 is 9.67 Å². The molecule has 1 amide bonds. The average molecular weight is 514 g/mol. The quantitative estimate of drug-likeness (QED) is 0.300. The van der Waals surface area contributed by atoms with Crippen molar-refractivity contribution in [1.29, 1.82) is 0 Å². The van der Waals surface area contributed by atoms with Crippen molar-refractivity contribution in [1.82, 2.24) is 9.47 Å². The zero-order valence-corrected chi connectivity index (χ0v) is 21.1. The summed E-state index contributed by atoms with van der Waals surface area (Å²) in [7, 11) is 0. The molecular weight excluding hydrogens is 489 g/mol. The maximum absolute atomic E-state index is 13.4. The van der Waals surface area contributed by atoms with Gasteiger partial charge in [0.2, 0.25) is 0 Å². The van der Waals surface area contributed by atoms with Crippen molar-refractivity contribution in [2.75, 3.05) is 6.54 Å². The fourth-order valence-corrected chi connectivity index (χ4v) is 5.48. The molecule has 0 unspecified atom stereocenters. The fraction of sp³-hybridized carbons (Fsp3) is 0.138. The number of amidine groups is 1. The van der Waals surface area contributed by atoms with E-state index in [-0.39, 0.29) is 17.3 Å². The number of nitrogens with zero attached hydrogens (tertiary/aromatic N) is 3. The van der Waals surface area contributed by atoms with Crippen molar-refractivity contribution < 1.29 is 19.1 Å².